The summed E-state index contributed by atoms with van der Waals surface area (Å²) in [4.78, 5) is 24.1. The monoisotopic (exact) mass is 434 g/mol. The molecule has 0 saturated heterocycles. The van der Waals surface area contributed by atoms with Crippen LogP contribution >= 0.6 is 15.9 Å². The molecule has 0 heterocycles. The molecule has 0 radical (unpaired) electrons. The van der Waals surface area contributed by atoms with Crippen LogP contribution in [-0.2, 0) is 16.0 Å². The van der Waals surface area contributed by atoms with Crippen molar-refractivity contribution in [3.63, 3.8) is 0 Å². The van der Waals surface area contributed by atoms with Gasteiger partial charge in [-0.15, -0.1) is 0 Å². The van der Waals surface area contributed by atoms with E-state index >= 15 is 0 Å². The highest BCUT2D eigenvalue weighted by molar-refractivity contribution is 9.10. The van der Waals surface area contributed by atoms with Crippen LogP contribution in [0, 0.1) is 0 Å². The number of halogens is 1. The van der Waals surface area contributed by atoms with Crippen molar-refractivity contribution in [1.82, 2.24) is 10.9 Å². The van der Waals surface area contributed by atoms with Crippen LogP contribution in [0.15, 0.2) is 53.0 Å². The third-order valence-corrected chi connectivity index (χ3v) is 4.19. The third-order valence-electron chi connectivity index (χ3n) is 3.70. The zero-order chi connectivity index (χ0) is 19.6. The number of nitrogens with one attached hydrogen (secondary N) is 2. The van der Waals surface area contributed by atoms with Crippen LogP contribution in [0.2, 0.25) is 0 Å². The van der Waals surface area contributed by atoms with Crippen LogP contribution in [0.25, 0.3) is 0 Å². The lowest BCUT2D eigenvalue weighted by atomic mass is 10.1. The molecule has 1 atom stereocenters. The van der Waals surface area contributed by atoms with Crippen LogP contribution in [0.1, 0.15) is 25.8 Å². The topological polar surface area (TPSA) is 76.7 Å². The number of ether oxygens (including phenoxy) is 2. The summed E-state index contributed by atoms with van der Waals surface area (Å²) in [6.07, 6.45) is -0.00833. The summed E-state index contributed by atoms with van der Waals surface area (Å²) in [6.45, 7) is 4.09. The molecule has 2 amide bonds. The van der Waals surface area contributed by atoms with E-state index in [9.17, 15) is 9.59 Å². The van der Waals surface area contributed by atoms with Crippen LogP contribution in [-0.4, -0.2) is 24.5 Å². The zero-order valence-corrected chi connectivity index (χ0v) is 16.9. The second-order valence-electron chi connectivity index (χ2n) is 5.80. The first-order valence-electron chi connectivity index (χ1n) is 8.71. The molecule has 1 unspecified atom stereocenters. The molecule has 0 fully saturated rings. The molecule has 2 rings (SSSR count). The number of hydrazine groups is 1. The van der Waals surface area contributed by atoms with Crippen molar-refractivity contribution in [3.8, 4) is 11.5 Å². The number of hydrogen-bond donors (Lipinski definition) is 2. The Hall–Kier alpha value is -2.54. The van der Waals surface area contributed by atoms with Crippen molar-refractivity contribution in [2.45, 2.75) is 32.8 Å². The first-order valence-corrected chi connectivity index (χ1v) is 9.50. The van der Waals surface area contributed by atoms with Crippen LogP contribution in [0.5, 0.6) is 11.5 Å². The first kappa shape index (κ1) is 20.8. The van der Waals surface area contributed by atoms with Crippen molar-refractivity contribution < 1.29 is 19.1 Å². The summed E-state index contributed by atoms with van der Waals surface area (Å²) in [5, 5.41) is 0. The Kier molecular flexibility index (Phi) is 8.13. The van der Waals surface area contributed by atoms with Crippen LogP contribution in [0.4, 0.5) is 0 Å². The lowest BCUT2D eigenvalue weighted by molar-refractivity contribution is -0.132. The summed E-state index contributed by atoms with van der Waals surface area (Å²) in [6, 6.07) is 14.8. The van der Waals surface area contributed by atoms with Crippen molar-refractivity contribution in [2.24, 2.45) is 0 Å². The third kappa shape index (κ3) is 6.94. The predicted octanol–water partition coefficient (Wildman–Crippen LogP) is 3.40. The number of aryl methyl sites for hydroxylation is 1. The smallest absolute Gasteiger partial charge is 0.279 e. The van der Waals surface area contributed by atoms with Gasteiger partial charge in [0, 0.05) is 10.9 Å². The van der Waals surface area contributed by atoms with E-state index in [1.807, 2.05) is 43.3 Å². The molecule has 0 aliphatic rings. The Balaban J connectivity index is 1.77. The second kappa shape index (κ2) is 10.6. The molecule has 0 aliphatic carbocycles. The minimum Gasteiger partial charge on any atom is -0.494 e. The van der Waals surface area contributed by atoms with E-state index in [0.717, 1.165) is 15.8 Å². The van der Waals surface area contributed by atoms with Gasteiger partial charge < -0.3 is 9.47 Å². The maximum Gasteiger partial charge on any atom is 0.279 e. The SMILES string of the molecule is CCOc1ccccc1CCC(=O)NNC(=O)C(C)Oc1cccc(Br)c1. The quantitative estimate of drug-likeness (QED) is 0.624. The van der Waals surface area contributed by atoms with Gasteiger partial charge in [-0.2, -0.15) is 0 Å². The summed E-state index contributed by atoms with van der Waals surface area (Å²) in [7, 11) is 0. The van der Waals surface area contributed by atoms with Crippen molar-refractivity contribution in [1.29, 1.82) is 0 Å². The fourth-order valence-corrected chi connectivity index (χ4v) is 2.73. The highest BCUT2D eigenvalue weighted by Gasteiger charge is 2.15. The Labute approximate surface area is 167 Å². The summed E-state index contributed by atoms with van der Waals surface area (Å²) in [5.74, 6) is 0.612. The van der Waals surface area contributed by atoms with E-state index in [1.165, 1.54) is 0 Å². The molecular formula is C20H23BrN2O4. The molecule has 0 saturated carbocycles. The molecule has 2 aromatic rings. The van der Waals surface area contributed by atoms with Gasteiger partial charge in [0.05, 0.1) is 6.61 Å². The van der Waals surface area contributed by atoms with Crippen molar-refractivity contribution in [2.75, 3.05) is 6.61 Å². The van der Waals surface area contributed by atoms with E-state index in [0.29, 0.717) is 18.8 Å². The van der Waals surface area contributed by atoms with Crippen LogP contribution < -0.4 is 20.3 Å². The van der Waals surface area contributed by atoms with E-state index in [1.54, 1.807) is 19.1 Å². The zero-order valence-electron chi connectivity index (χ0n) is 15.3. The number of amides is 2. The van der Waals surface area contributed by atoms with E-state index in [4.69, 9.17) is 9.47 Å². The average Bonchev–Trinajstić information content (AvgIpc) is 2.65. The highest BCUT2D eigenvalue weighted by atomic mass is 79.9. The van der Waals surface area contributed by atoms with Crippen molar-refractivity contribution >= 4 is 27.7 Å². The molecule has 0 spiro atoms. The Morgan fingerprint density at radius 1 is 1.11 bits per heavy atom. The fourth-order valence-electron chi connectivity index (χ4n) is 2.35. The molecule has 6 nitrogen and oxygen atoms in total. The van der Waals surface area contributed by atoms with Crippen molar-refractivity contribution in [3.05, 3.63) is 58.6 Å². The van der Waals surface area contributed by atoms with Gasteiger partial charge in [0.25, 0.3) is 5.91 Å². The van der Waals surface area contributed by atoms with Gasteiger partial charge >= 0.3 is 0 Å². The Morgan fingerprint density at radius 3 is 2.63 bits per heavy atom. The molecule has 2 aromatic carbocycles. The number of carbonyl (C=O) groups is 2. The number of rotatable bonds is 8. The average molecular weight is 435 g/mol. The van der Waals surface area contributed by atoms with Gasteiger partial charge in [0.2, 0.25) is 5.91 Å². The molecule has 144 valence electrons. The lowest BCUT2D eigenvalue weighted by Gasteiger charge is -2.15. The maximum atomic E-state index is 12.1. The van der Waals surface area contributed by atoms with Gasteiger partial charge in [-0.05, 0) is 50.1 Å². The van der Waals surface area contributed by atoms with E-state index < -0.39 is 12.0 Å². The number of carbonyl (C=O) groups excluding carboxylic acids is 2. The number of benzene rings is 2. The standard InChI is InChI=1S/C20H23BrN2O4/c1-3-26-18-10-5-4-7-15(18)11-12-19(24)22-23-20(25)14(2)27-17-9-6-8-16(21)13-17/h4-10,13-14H,3,11-12H2,1-2H3,(H,22,24)(H,23,25). The van der Waals surface area contributed by atoms with E-state index in [-0.39, 0.29) is 12.3 Å². The summed E-state index contributed by atoms with van der Waals surface area (Å²) < 4.78 is 11.9. The van der Waals surface area contributed by atoms with Gasteiger partial charge in [-0.3, -0.25) is 20.4 Å². The van der Waals surface area contributed by atoms with Crippen LogP contribution in [0.3, 0.4) is 0 Å². The second-order valence-corrected chi connectivity index (χ2v) is 6.71. The van der Waals surface area contributed by atoms with Gasteiger partial charge in [-0.1, -0.05) is 40.2 Å². The normalized spacial score (nSPS) is 11.4. The molecule has 7 heteroatoms. The minimum atomic E-state index is -0.752. The molecule has 0 aliphatic heterocycles. The molecule has 2 N–H and O–H groups in total. The molecule has 27 heavy (non-hydrogen) atoms. The van der Waals surface area contributed by atoms with E-state index in [2.05, 4.69) is 26.8 Å². The fraction of sp³-hybridized carbons (Fsp3) is 0.300. The minimum absolute atomic E-state index is 0.227. The van der Waals surface area contributed by atoms with Gasteiger partial charge in [0.15, 0.2) is 6.10 Å². The molecule has 0 aromatic heterocycles. The number of para-hydroxylation sites is 1. The lowest BCUT2D eigenvalue weighted by Crippen LogP contribution is -2.47. The Bertz CT molecular complexity index is 782. The number of hydrogen-bond acceptors (Lipinski definition) is 4. The van der Waals surface area contributed by atoms with Gasteiger partial charge in [0.1, 0.15) is 11.5 Å². The molecule has 0 bridgehead atoms. The summed E-state index contributed by atoms with van der Waals surface area (Å²) >= 11 is 3.34. The molecular weight excluding hydrogens is 412 g/mol. The first-order chi connectivity index (χ1) is 13.0. The highest BCUT2D eigenvalue weighted by Crippen LogP contribution is 2.20. The predicted molar refractivity (Wildman–Crippen MR) is 106 cm³/mol. The summed E-state index contributed by atoms with van der Waals surface area (Å²) in [5.41, 5.74) is 5.75. The largest absolute Gasteiger partial charge is 0.494 e. The Morgan fingerprint density at radius 2 is 1.89 bits per heavy atom. The maximum absolute atomic E-state index is 12.1. The van der Waals surface area contributed by atoms with Gasteiger partial charge in [-0.25, -0.2) is 0 Å².